The average molecular weight is 300 g/mol. The van der Waals surface area contributed by atoms with Gasteiger partial charge in [0.25, 0.3) is 10.0 Å². The maximum absolute atomic E-state index is 12.6. The summed E-state index contributed by atoms with van der Waals surface area (Å²) in [5.74, 6) is 0.385. The van der Waals surface area contributed by atoms with E-state index in [-0.39, 0.29) is 11.1 Å². The van der Waals surface area contributed by atoms with Gasteiger partial charge in [-0.1, -0.05) is 0 Å². The molecule has 1 N–H and O–H groups in total. The lowest BCUT2D eigenvalue weighted by molar-refractivity contribution is 0.263. The molecule has 0 radical (unpaired) electrons. The molecule has 0 aliphatic carbocycles. The Morgan fingerprint density at radius 2 is 2.25 bits per heavy atom. The van der Waals surface area contributed by atoms with Crippen molar-refractivity contribution in [3.05, 3.63) is 12.5 Å². The highest BCUT2D eigenvalue weighted by Gasteiger charge is 2.31. The Balaban J connectivity index is 2.16. The van der Waals surface area contributed by atoms with E-state index in [0.29, 0.717) is 19.0 Å². The molecule has 20 heavy (non-hydrogen) atoms. The van der Waals surface area contributed by atoms with Crippen molar-refractivity contribution in [2.24, 2.45) is 5.92 Å². The van der Waals surface area contributed by atoms with Gasteiger partial charge in [-0.15, -0.1) is 0 Å². The van der Waals surface area contributed by atoms with Gasteiger partial charge in [-0.2, -0.15) is 4.31 Å². The molecule has 2 rings (SSSR count). The second kappa shape index (κ2) is 6.24. The molecule has 1 aromatic rings. The van der Waals surface area contributed by atoms with Gasteiger partial charge in [0.2, 0.25) is 0 Å². The largest absolute Gasteiger partial charge is 0.334 e. The average Bonchev–Trinajstić information content (AvgIpc) is 2.90. The predicted octanol–water partition coefficient (Wildman–Crippen LogP) is 1.08. The molecule has 2 heterocycles. The first-order valence-corrected chi connectivity index (χ1v) is 8.57. The molecular weight excluding hydrogens is 276 g/mol. The van der Waals surface area contributed by atoms with E-state index in [1.807, 2.05) is 25.5 Å². The second-order valence-electron chi connectivity index (χ2n) is 5.68. The van der Waals surface area contributed by atoms with E-state index < -0.39 is 10.0 Å². The predicted molar refractivity (Wildman–Crippen MR) is 78.0 cm³/mol. The Morgan fingerprint density at radius 3 is 2.85 bits per heavy atom. The normalized spacial score (nSPS) is 21.5. The van der Waals surface area contributed by atoms with Gasteiger partial charge >= 0.3 is 0 Å². The number of nitrogens with zero attached hydrogens (tertiary/aromatic N) is 3. The lowest BCUT2D eigenvalue weighted by Crippen LogP contribution is -2.42. The number of aromatic nitrogens is 2. The van der Waals surface area contributed by atoms with Crippen molar-refractivity contribution in [3.8, 4) is 0 Å². The second-order valence-corrected chi connectivity index (χ2v) is 7.57. The summed E-state index contributed by atoms with van der Waals surface area (Å²) in [6, 6.07) is 0.213. The summed E-state index contributed by atoms with van der Waals surface area (Å²) in [5.41, 5.74) is 0. The Bertz CT molecular complexity index is 536. The van der Waals surface area contributed by atoms with E-state index in [1.54, 1.807) is 16.8 Å². The van der Waals surface area contributed by atoms with Crippen molar-refractivity contribution in [1.29, 1.82) is 0 Å². The van der Waals surface area contributed by atoms with Crippen LogP contribution in [0.4, 0.5) is 0 Å². The summed E-state index contributed by atoms with van der Waals surface area (Å²) in [5, 5.41) is 3.29. The van der Waals surface area contributed by atoms with E-state index in [2.05, 4.69) is 10.3 Å². The molecule has 7 heteroatoms. The van der Waals surface area contributed by atoms with Crippen LogP contribution in [0.25, 0.3) is 0 Å². The van der Waals surface area contributed by atoms with Gasteiger partial charge in [0.05, 0.1) is 6.33 Å². The first-order valence-electron chi connectivity index (χ1n) is 7.13. The molecular formula is C13H24N4O2S. The van der Waals surface area contributed by atoms with Crippen LogP contribution >= 0.6 is 0 Å². The van der Waals surface area contributed by atoms with E-state index in [1.165, 1.54) is 0 Å². The molecule has 0 amide bonds. The Hall–Kier alpha value is -0.920. The Labute approximate surface area is 121 Å². The third-order valence-electron chi connectivity index (χ3n) is 3.75. The number of hydrogen-bond donors (Lipinski definition) is 1. The highest BCUT2D eigenvalue weighted by atomic mass is 32.2. The summed E-state index contributed by atoms with van der Waals surface area (Å²) in [7, 11) is -1.55. The van der Waals surface area contributed by atoms with Crippen LogP contribution < -0.4 is 5.32 Å². The zero-order valence-electron chi connectivity index (χ0n) is 12.4. The molecule has 0 saturated carbocycles. The van der Waals surface area contributed by atoms with Crippen LogP contribution in [-0.4, -0.2) is 49.0 Å². The third-order valence-corrected chi connectivity index (χ3v) is 5.50. The van der Waals surface area contributed by atoms with Gasteiger partial charge in [0, 0.05) is 25.3 Å². The van der Waals surface area contributed by atoms with Gasteiger partial charge in [-0.25, -0.2) is 13.4 Å². The maximum atomic E-state index is 12.6. The molecule has 0 aromatic carbocycles. The van der Waals surface area contributed by atoms with Gasteiger partial charge < -0.3 is 9.88 Å². The lowest BCUT2D eigenvalue weighted by Gasteiger charge is -2.31. The summed E-state index contributed by atoms with van der Waals surface area (Å²) < 4.78 is 28.6. The molecule has 0 spiro atoms. The van der Waals surface area contributed by atoms with Gasteiger partial charge in [-0.3, -0.25) is 0 Å². The fourth-order valence-electron chi connectivity index (χ4n) is 2.57. The molecule has 1 fully saturated rings. The number of nitrogens with one attached hydrogen (secondary N) is 1. The molecule has 0 unspecified atom stereocenters. The first-order chi connectivity index (χ1) is 9.45. The number of hydrogen-bond acceptors (Lipinski definition) is 4. The fraction of sp³-hybridized carbons (Fsp3) is 0.769. The maximum Gasteiger partial charge on any atom is 0.262 e. The standard InChI is InChI=1S/C13H24N4O2S/c1-11(2)16-9-13(15-10-16)20(18,19)17-6-4-5-12(8-17)7-14-3/h9-12,14H,4-8H2,1-3H3/t12-/m1/s1. The molecule has 6 nitrogen and oxygen atoms in total. The van der Waals surface area contributed by atoms with Crippen LogP contribution in [0, 0.1) is 5.92 Å². The van der Waals surface area contributed by atoms with Crippen LogP contribution in [0.5, 0.6) is 0 Å². The number of piperidine rings is 1. The van der Waals surface area contributed by atoms with E-state index >= 15 is 0 Å². The van der Waals surface area contributed by atoms with Crippen LogP contribution in [0.3, 0.4) is 0 Å². The van der Waals surface area contributed by atoms with E-state index in [9.17, 15) is 8.42 Å². The fourth-order valence-corrected chi connectivity index (χ4v) is 4.04. The minimum Gasteiger partial charge on any atom is -0.334 e. The lowest BCUT2D eigenvalue weighted by atomic mass is 10.00. The summed E-state index contributed by atoms with van der Waals surface area (Å²) in [6.07, 6.45) is 5.21. The number of imidazole rings is 1. The Morgan fingerprint density at radius 1 is 1.50 bits per heavy atom. The van der Waals surface area contributed by atoms with Crippen molar-refractivity contribution < 1.29 is 8.42 Å². The van der Waals surface area contributed by atoms with Crippen molar-refractivity contribution in [3.63, 3.8) is 0 Å². The zero-order chi connectivity index (χ0) is 14.8. The monoisotopic (exact) mass is 300 g/mol. The van der Waals surface area contributed by atoms with Gasteiger partial charge in [-0.05, 0) is 46.2 Å². The SMILES string of the molecule is CNC[C@H]1CCCN(S(=O)(=O)c2cn(C(C)C)cn2)C1. The highest BCUT2D eigenvalue weighted by molar-refractivity contribution is 7.89. The van der Waals surface area contributed by atoms with Crippen molar-refractivity contribution >= 4 is 10.0 Å². The quantitative estimate of drug-likeness (QED) is 0.884. The summed E-state index contributed by atoms with van der Waals surface area (Å²) >= 11 is 0. The smallest absolute Gasteiger partial charge is 0.262 e. The minimum absolute atomic E-state index is 0.163. The van der Waals surface area contributed by atoms with Gasteiger partial charge in [0.15, 0.2) is 5.03 Å². The minimum atomic E-state index is -3.45. The van der Waals surface area contributed by atoms with Crippen LogP contribution in [0.2, 0.25) is 0 Å². The summed E-state index contributed by atoms with van der Waals surface area (Å²) in [4.78, 5) is 4.07. The molecule has 1 aromatic heterocycles. The molecule has 114 valence electrons. The number of rotatable bonds is 5. The van der Waals surface area contributed by atoms with Crippen molar-refractivity contribution in [1.82, 2.24) is 19.2 Å². The number of sulfonamides is 1. The van der Waals surface area contributed by atoms with E-state index in [4.69, 9.17) is 0 Å². The Kier molecular flexibility index (Phi) is 4.82. The molecule has 1 atom stereocenters. The zero-order valence-corrected chi connectivity index (χ0v) is 13.2. The molecule has 1 aliphatic rings. The van der Waals surface area contributed by atoms with Crippen LogP contribution in [-0.2, 0) is 10.0 Å². The first kappa shape index (κ1) is 15.5. The molecule has 1 aliphatic heterocycles. The highest BCUT2D eigenvalue weighted by Crippen LogP contribution is 2.23. The van der Waals surface area contributed by atoms with Crippen LogP contribution in [0.15, 0.2) is 17.6 Å². The topological polar surface area (TPSA) is 67.2 Å². The molecule has 1 saturated heterocycles. The third kappa shape index (κ3) is 3.21. The van der Waals surface area contributed by atoms with Crippen molar-refractivity contribution in [2.45, 2.75) is 37.8 Å². The van der Waals surface area contributed by atoms with Crippen molar-refractivity contribution in [2.75, 3.05) is 26.7 Å². The summed E-state index contributed by atoms with van der Waals surface area (Å²) in [6.45, 7) is 6.03. The van der Waals surface area contributed by atoms with Gasteiger partial charge in [0.1, 0.15) is 0 Å². The van der Waals surface area contributed by atoms with E-state index in [0.717, 1.165) is 19.4 Å². The van der Waals surface area contributed by atoms with Crippen LogP contribution in [0.1, 0.15) is 32.7 Å². The molecule has 0 bridgehead atoms.